The van der Waals surface area contributed by atoms with Crippen LogP contribution in [-0.4, -0.2) is 26.5 Å². The molecule has 1 aliphatic heterocycles. The Bertz CT molecular complexity index is 978. The van der Waals surface area contributed by atoms with E-state index >= 15 is 0 Å². The van der Waals surface area contributed by atoms with Gasteiger partial charge in [0.25, 0.3) is 0 Å². The molecule has 1 aromatic carbocycles. The van der Waals surface area contributed by atoms with Crippen LogP contribution in [0, 0.1) is 6.92 Å². The van der Waals surface area contributed by atoms with Crippen molar-refractivity contribution in [3.05, 3.63) is 39.5 Å². The van der Waals surface area contributed by atoms with Gasteiger partial charge in [0, 0.05) is 17.3 Å². The smallest absolute Gasteiger partial charge is 0.163 e. The van der Waals surface area contributed by atoms with Crippen molar-refractivity contribution in [2.45, 2.75) is 46.1 Å². The van der Waals surface area contributed by atoms with E-state index < -0.39 is 0 Å². The van der Waals surface area contributed by atoms with E-state index in [0.717, 1.165) is 59.6 Å². The molecule has 3 heterocycles. The molecule has 0 radical (unpaired) electrons. The molecule has 0 saturated heterocycles. The predicted octanol–water partition coefficient (Wildman–Crippen LogP) is 5.50. The first-order chi connectivity index (χ1) is 12.5. The molecular formula is C19H21Cl2N5. The maximum absolute atomic E-state index is 6.52. The zero-order chi connectivity index (χ0) is 18.4. The van der Waals surface area contributed by atoms with Crippen molar-refractivity contribution in [2.24, 2.45) is 0 Å². The topological polar surface area (TPSA) is 46.8 Å². The third kappa shape index (κ3) is 2.74. The Hall–Kier alpha value is -1.85. The third-order valence-electron chi connectivity index (χ3n) is 5.10. The van der Waals surface area contributed by atoms with Gasteiger partial charge in [0.15, 0.2) is 11.3 Å². The summed E-state index contributed by atoms with van der Waals surface area (Å²) in [6, 6.07) is 6.17. The molecular weight excluding hydrogens is 369 g/mol. The number of rotatable bonds is 4. The molecule has 0 aliphatic carbocycles. The standard InChI is InChI=1S/C19H21Cl2N5/c1-4-14(5-2)26-16-8-11(3)22-19(17(16)23-24-26)25-7-6-12-9-13(20)10-15(21)18(12)25/h8-10,14H,4-7H2,1-3H3. The Morgan fingerprint density at radius 1 is 1.15 bits per heavy atom. The highest BCUT2D eigenvalue weighted by Gasteiger charge is 2.28. The van der Waals surface area contributed by atoms with Gasteiger partial charge in [-0.25, -0.2) is 9.67 Å². The fourth-order valence-electron chi connectivity index (χ4n) is 3.81. The average Bonchev–Trinajstić information content (AvgIpc) is 3.20. The van der Waals surface area contributed by atoms with Crippen LogP contribution in [0.25, 0.3) is 11.0 Å². The number of benzene rings is 1. The zero-order valence-electron chi connectivity index (χ0n) is 15.1. The maximum atomic E-state index is 6.52. The molecule has 0 spiro atoms. The van der Waals surface area contributed by atoms with Crippen molar-refractivity contribution >= 4 is 45.7 Å². The lowest BCUT2D eigenvalue weighted by molar-refractivity contribution is 0.430. The number of anilines is 2. The molecule has 0 unspecified atom stereocenters. The highest BCUT2D eigenvalue weighted by molar-refractivity contribution is 6.37. The molecule has 136 valence electrons. The van der Waals surface area contributed by atoms with Gasteiger partial charge in [-0.05, 0) is 49.9 Å². The summed E-state index contributed by atoms with van der Waals surface area (Å²) in [5.74, 6) is 0.820. The predicted molar refractivity (Wildman–Crippen MR) is 107 cm³/mol. The van der Waals surface area contributed by atoms with Crippen LogP contribution in [0.4, 0.5) is 11.5 Å². The molecule has 26 heavy (non-hydrogen) atoms. The molecule has 5 nitrogen and oxygen atoms in total. The number of hydrogen-bond donors (Lipinski definition) is 0. The Morgan fingerprint density at radius 2 is 1.92 bits per heavy atom. The SMILES string of the molecule is CCC(CC)n1nnc2c(N3CCc4cc(Cl)cc(Cl)c43)nc(C)cc21. The molecule has 0 atom stereocenters. The van der Waals surface area contributed by atoms with Gasteiger partial charge in [-0.15, -0.1) is 5.10 Å². The minimum absolute atomic E-state index is 0.336. The molecule has 7 heteroatoms. The molecule has 0 saturated carbocycles. The van der Waals surface area contributed by atoms with Crippen LogP contribution in [-0.2, 0) is 6.42 Å². The van der Waals surface area contributed by atoms with E-state index in [2.05, 4.69) is 35.1 Å². The highest BCUT2D eigenvalue weighted by Crippen LogP contribution is 2.42. The molecule has 1 aliphatic rings. The van der Waals surface area contributed by atoms with Crippen molar-refractivity contribution in [1.82, 2.24) is 20.0 Å². The van der Waals surface area contributed by atoms with E-state index in [1.54, 1.807) is 6.07 Å². The average molecular weight is 390 g/mol. The van der Waals surface area contributed by atoms with E-state index in [1.807, 2.05) is 17.7 Å². The number of fused-ring (bicyclic) bond motifs is 2. The van der Waals surface area contributed by atoms with E-state index in [0.29, 0.717) is 16.1 Å². The Kier molecular flexibility index (Phi) is 4.53. The van der Waals surface area contributed by atoms with E-state index in [1.165, 1.54) is 0 Å². The first kappa shape index (κ1) is 17.6. The quantitative estimate of drug-likeness (QED) is 0.591. The fraction of sp³-hybridized carbons (Fsp3) is 0.421. The van der Waals surface area contributed by atoms with E-state index in [9.17, 15) is 0 Å². The van der Waals surface area contributed by atoms with Crippen LogP contribution in [0.2, 0.25) is 10.0 Å². The maximum Gasteiger partial charge on any atom is 0.163 e. The molecule has 4 rings (SSSR count). The van der Waals surface area contributed by atoms with Gasteiger partial charge in [-0.3, -0.25) is 0 Å². The Labute approximate surface area is 162 Å². The van der Waals surface area contributed by atoms with Crippen molar-refractivity contribution in [3.63, 3.8) is 0 Å². The second-order valence-corrected chi connectivity index (χ2v) is 7.60. The molecule has 2 aromatic heterocycles. The number of pyridine rings is 1. The van der Waals surface area contributed by atoms with Crippen molar-refractivity contribution < 1.29 is 0 Å². The second-order valence-electron chi connectivity index (χ2n) is 6.76. The lowest BCUT2D eigenvalue weighted by Gasteiger charge is -2.21. The van der Waals surface area contributed by atoms with Crippen molar-refractivity contribution in [2.75, 3.05) is 11.4 Å². The lowest BCUT2D eigenvalue weighted by Crippen LogP contribution is -2.16. The fourth-order valence-corrected chi connectivity index (χ4v) is 4.44. The van der Waals surface area contributed by atoms with E-state index in [-0.39, 0.29) is 0 Å². The Morgan fingerprint density at radius 3 is 2.65 bits per heavy atom. The van der Waals surface area contributed by atoms with Gasteiger partial charge in [-0.2, -0.15) is 0 Å². The Balaban J connectivity index is 1.90. The van der Waals surface area contributed by atoms with Crippen molar-refractivity contribution in [3.8, 4) is 0 Å². The summed E-state index contributed by atoms with van der Waals surface area (Å²) in [5.41, 5.74) is 4.92. The summed E-state index contributed by atoms with van der Waals surface area (Å²) in [6.07, 6.45) is 2.92. The highest BCUT2D eigenvalue weighted by atomic mass is 35.5. The van der Waals surface area contributed by atoms with Gasteiger partial charge >= 0.3 is 0 Å². The summed E-state index contributed by atoms with van der Waals surface area (Å²) < 4.78 is 2.04. The van der Waals surface area contributed by atoms with Crippen molar-refractivity contribution in [1.29, 1.82) is 0 Å². The molecule has 0 amide bonds. The summed E-state index contributed by atoms with van der Waals surface area (Å²) in [4.78, 5) is 6.94. The minimum atomic E-state index is 0.336. The van der Waals surface area contributed by atoms with Crippen LogP contribution in [0.3, 0.4) is 0 Å². The van der Waals surface area contributed by atoms with Crippen LogP contribution in [0.5, 0.6) is 0 Å². The number of aromatic nitrogens is 4. The van der Waals surface area contributed by atoms with Gasteiger partial charge < -0.3 is 4.90 Å². The summed E-state index contributed by atoms with van der Waals surface area (Å²) >= 11 is 12.7. The number of halogens is 2. The molecule has 0 bridgehead atoms. The largest absolute Gasteiger partial charge is 0.323 e. The first-order valence-corrected chi connectivity index (χ1v) is 9.77. The number of aryl methyl sites for hydroxylation is 1. The van der Waals surface area contributed by atoms with Crippen LogP contribution in [0.15, 0.2) is 18.2 Å². The summed E-state index contributed by atoms with van der Waals surface area (Å²) in [7, 11) is 0. The zero-order valence-corrected chi connectivity index (χ0v) is 16.6. The van der Waals surface area contributed by atoms with Crippen LogP contribution >= 0.6 is 23.2 Å². The lowest BCUT2D eigenvalue weighted by atomic mass is 10.1. The second kappa shape index (κ2) is 6.71. The molecule has 0 N–H and O–H groups in total. The molecule has 0 fully saturated rings. The molecule has 3 aromatic rings. The summed E-state index contributed by atoms with van der Waals surface area (Å²) in [6.45, 7) is 7.17. The number of nitrogens with zero attached hydrogens (tertiary/aromatic N) is 5. The minimum Gasteiger partial charge on any atom is -0.323 e. The normalized spacial score (nSPS) is 13.8. The number of hydrogen-bond acceptors (Lipinski definition) is 4. The summed E-state index contributed by atoms with van der Waals surface area (Å²) in [5, 5.41) is 10.2. The van der Waals surface area contributed by atoms with Gasteiger partial charge in [0.05, 0.1) is 22.3 Å². The third-order valence-corrected chi connectivity index (χ3v) is 5.60. The first-order valence-electron chi connectivity index (χ1n) is 9.01. The van der Waals surface area contributed by atoms with Crippen LogP contribution in [0.1, 0.15) is 44.0 Å². The van der Waals surface area contributed by atoms with E-state index in [4.69, 9.17) is 28.2 Å². The van der Waals surface area contributed by atoms with Gasteiger partial charge in [0.2, 0.25) is 0 Å². The van der Waals surface area contributed by atoms with Crippen LogP contribution < -0.4 is 4.90 Å². The monoisotopic (exact) mass is 389 g/mol. The van der Waals surface area contributed by atoms with Gasteiger partial charge in [-0.1, -0.05) is 42.3 Å². The van der Waals surface area contributed by atoms with Gasteiger partial charge in [0.1, 0.15) is 0 Å².